The van der Waals surface area contributed by atoms with Crippen molar-refractivity contribution in [2.75, 3.05) is 16.3 Å². The first kappa shape index (κ1) is 22.5. The zero-order valence-electron chi connectivity index (χ0n) is 17.1. The Labute approximate surface area is 185 Å². The summed E-state index contributed by atoms with van der Waals surface area (Å²) in [6.45, 7) is 0.252. The van der Waals surface area contributed by atoms with Gasteiger partial charge in [-0.05, 0) is 35.4 Å². The van der Waals surface area contributed by atoms with Gasteiger partial charge in [-0.3, -0.25) is 4.72 Å². The highest BCUT2D eigenvalue weighted by Gasteiger charge is 2.06. The van der Waals surface area contributed by atoms with Crippen molar-refractivity contribution in [2.45, 2.75) is 6.54 Å². The van der Waals surface area contributed by atoms with E-state index in [4.69, 9.17) is 11.5 Å². The van der Waals surface area contributed by atoms with Crippen LogP contribution in [0.3, 0.4) is 0 Å². The lowest BCUT2D eigenvalue weighted by Crippen LogP contribution is -2.28. The quantitative estimate of drug-likeness (QED) is 0.265. The fourth-order valence-corrected chi connectivity index (χ4v) is 3.30. The van der Waals surface area contributed by atoms with E-state index in [1.165, 1.54) is 0 Å². The molecule has 2 aromatic carbocycles. The van der Waals surface area contributed by atoms with E-state index < -0.39 is 16.1 Å². The predicted molar refractivity (Wildman–Crippen MR) is 124 cm³/mol. The third-order valence-electron chi connectivity index (χ3n) is 4.01. The molecule has 0 saturated carbocycles. The summed E-state index contributed by atoms with van der Waals surface area (Å²) in [6.07, 6.45) is 4.40. The number of nitrogens with one attached hydrogen (secondary N) is 3. The van der Waals surface area contributed by atoms with Crippen molar-refractivity contribution in [1.82, 2.24) is 15.3 Å². The van der Waals surface area contributed by atoms with Gasteiger partial charge in [0.1, 0.15) is 0 Å². The lowest BCUT2D eigenvalue weighted by atomic mass is 10.1. The molecule has 3 aromatic rings. The van der Waals surface area contributed by atoms with E-state index in [9.17, 15) is 13.2 Å². The zero-order chi connectivity index (χ0) is 23.1. The van der Waals surface area contributed by atoms with E-state index in [0.717, 1.165) is 22.9 Å². The van der Waals surface area contributed by atoms with Gasteiger partial charge in [0.2, 0.25) is 16.0 Å². The molecule has 7 N–H and O–H groups in total. The highest BCUT2D eigenvalue weighted by Crippen LogP contribution is 2.22. The molecule has 0 aliphatic carbocycles. The number of aliphatic imine (C=N–C) groups is 1. The standard InChI is InChI=1S/C20H22N8O3S/c1-32(30,31)28-17-7-3-6-16(9-17)26-19-23-11-15(12-24-19)14-5-2-4-13(8-14)10-25-20(29)27-18(21)22/h2-9,11-12,28H,10H2,1H3,(H,23,24,26)(H5,21,22,25,27,29). The highest BCUT2D eigenvalue weighted by atomic mass is 32.2. The molecule has 0 fully saturated rings. The smallest absolute Gasteiger partial charge is 0.344 e. The van der Waals surface area contributed by atoms with Crippen LogP contribution in [0.25, 0.3) is 11.1 Å². The van der Waals surface area contributed by atoms with Crippen LogP contribution in [0.4, 0.5) is 22.1 Å². The van der Waals surface area contributed by atoms with Crippen LogP contribution >= 0.6 is 0 Å². The van der Waals surface area contributed by atoms with Crippen molar-refractivity contribution in [3.8, 4) is 11.1 Å². The van der Waals surface area contributed by atoms with E-state index in [1.807, 2.05) is 24.3 Å². The van der Waals surface area contributed by atoms with E-state index in [1.54, 1.807) is 36.7 Å². The number of benzene rings is 2. The first-order valence-corrected chi connectivity index (χ1v) is 11.2. The van der Waals surface area contributed by atoms with Gasteiger partial charge in [-0.1, -0.05) is 24.3 Å². The highest BCUT2D eigenvalue weighted by molar-refractivity contribution is 7.92. The Morgan fingerprint density at radius 2 is 1.69 bits per heavy atom. The monoisotopic (exact) mass is 454 g/mol. The summed E-state index contributed by atoms with van der Waals surface area (Å²) >= 11 is 0. The minimum Gasteiger partial charge on any atom is -0.370 e. The predicted octanol–water partition coefficient (Wildman–Crippen LogP) is 1.74. The molecule has 0 spiro atoms. The van der Waals surface area contributed by atoms with Gasteiger partial charge in [-0.25, -0.2) is 23.2 Å². The fraction of sp³-hybridized carbons (Fsp3) is 0.100. The van der Waals surface area contributed by atoms with Crippen molar-refractivity contribution in [1.29, 1.82) is 0 Å². The maximum absolute atomic E-state index is 11.5. The Balaban J connectivity index is 1.68. The Morgan fingerprint density at radius 1 is 1.00 bits per heavy atom. The number of guanidine groups is 1. The van der Waals surface area contributed by atoms with E-state index in [2.05, 4.69) is 30.3 Å². The van der Waals surface area contributed by atoms with E-state index in [0.29, 0.717) is 17.3 Å². The summed E-state index contributed by atoms with van der Waals surface area (Å²) in [7, 11) is -3.37. The second kappa shape index (κ2) is 9.75. The summed E-state index contributed by atoms with van der Waals surface area (Å²) in [6, 6.07) is 13.6. The van der Waals surface area contributed by atoms with Crippen LogP contribution < -0.4 is 26.8 Å². The maximum atomic E-state index is 11.5. The molecule has 0 bridgehead atoms. The molecule has 0 saturated heterocycles. The molecule has 166 valence electrons. The van der Waals surface area contributed by atoms with Crippen molar-refractivity contribution in [2.24, 2.45) is 16.5 Å². The number of sulfonamides is 1. The molecule has 0 radical (unpaired) electrons. The molecule has 1 aromatic heterocycles. The van der Waals surface area contributed by atoms with Crippen molar-refractivity contribution in [3.63, 3.8) is 0 Å². The minimum atomic E-state index is -3.37. The molecule has 0 aliphatic rings. The van der Waals surface area contributed by atoms with Gasteiger partial charge in [0, 0.05) is 30.2 Å². The van der Waals surface area contributed by atoms with Gasteiger partial charge in [-0.15, -0.1) is 0 Å². The number of nitrogens with zero attached hydrogens (tertiary/aromatic N) is 3. The fourth-order valence-electron chi connectivity index (χ4n) is 2.74. The first-order valence-electron chi connectivity index (χ1n) is 9.32. The van der Waals surface area contributed by atoms with Crippen molar-refractivity contribution < 1.29 is 13.2 Å². The van der Waals surface area contributed by atoms with Gasteiger partial charge in [0.15, 0.2) is 5.96 Å². The third kappa shape index (κ3) is 6.95. The van der Waals surface area contributed by atoms with Crippen LogP contribution in [0, 0.1) is 0 Å². The molecular formula is C20H22N8O3S. The SMILES string of the molecule is CS(=O)(=O)Nc1cccc(Nc2ncc(-c3cccc(CNC(=O)N=C(N)N)c3)cn2)c1. The van der Waals surface area contributed by atoms with E-state index >= 15 is 0 Å². The number of rotatable bonds is 7. The molecule has 2 amide bonds. The first-order chi connectivity index (χ1) is 15.2. The number of aromatic nitrogens is 2. The Bertz CT molecular complexity index is 1240. The minimum absolute atomic E-state index is 0.252. The summed E-state index contributed by atoms with van der Waals surface area (Å²) in [5.74, 6) is 0.0476. The average molecular weight is 455 g/mol. The van der Waals surface area contributed by atoms with Crippen molar-refractivity contribution >= 4 is 39.3 Å². The van der Waals surface area contributed by atoms with Gasteiger partial charge < -0.3 is 22.1 Å². The van der Waals surface area contributed by atoms with Crippen LogP contribution in [-0.4, -0.2) is 36.6 Å². The summed E-state index contributed by atoms with van der Waals surface area (Å²) < 4.78 is 25.2. The van der Waals surface area contributed by atoms with Gasteiger partial charge >= 0.3 is 6.03 Å². The number of amides is 2. The molecular weight excluding hydrogens is 432 g/mol. The third-order valence-corrected chi connectivity index (χ3v) is 4.61. The van der Waals surface area contributed by atoms with Gasteiger partial charge in [-0.2, -0.15) is 4.99 Å². The molecule has 0 aliphatic heterocycles. The number of hydrogen-bond donors (Lipinski definition) is 5. The number of carbonyl (C=O) groups excluding carboxylic acids is 1. The number of carbonyl (C=O) groups is 1. The molecule has 0 unspecified atom stereocenters. The second-order valence-corrected chi connectivity index (χ2v) is 8.52. The van der Waals surface area contributed by atoms with Crippen molar-refractivity contribution in [3.05, 3.63) is 66.5 Å². The number of nitrogens with two attached hydrogens (primary N) is 2. The molecule has 3 rings (SSSR count). The number of urea groups is 1. The van der Waals surface area contributed by atoms with E-state index in [-0.39, 0.29) is 12.5 Å². The average Bonchev–Trinajstić information content (AvgIpc) is 2.72. The number of hydrogen-bond acceptors (Lipinski definition) is 6. The lowest BCUT2D eigenvalue weighted by molar-refractivity contribution is 0.249. The van der Waals surface area contributed by atoms with Crippen LogP contribution in [0.1, 0.15) is 5.56 Å². The summed E-state index contributed by atoms with van der Waals surface area (Å²) in [5, 5.41) is 5.62. The Morgan fingerprint density at radius 3 is 2.38 bits per heavy atom. The largest absolute Gasteiger partial charge is 0.370 e. The van der Waals surface area contributed by atoms with Gasteiger partial charge in [0.05, 0.1) is 11.9 Å². The molecule has 1 heterocycles. The summed E-state index contributed by atoms with van der Waals surface area (Å²) in [5.41, 5.74) is 13.9. The number of anilines is 3. The zero-order valence-corrected chi connectivity index (χ0v) is 17.9. The maximum Gasteiger partial charge on any atom is 0.344 e. The molecule has 12 heteroatoms. The Kier molecular flexibility index (Phi) is 6.85. The molecule has 0 atom stereocenters. The normalized spacial score (nSPS) is 10.8. The summed E-state index contributed by atoms with van der Waals surface area (Å²) in [4.78, 5) is 23.6. The van der Waals surface area contributed by atoms with Crippen LogP contribution in [0.15, 0.2) is 65.9 Å². The second-order valence-electron chi connectivity index (χ2n) is 6.77. The Hall–Kier alpha value is -4.19. The van der Waals surface area contributed by atoms with Crippen LogP contribution in [-0.2, 0) is 16.6 Å². The van der Waals surface area contributed by atoms with Gasteiger partial charge in [0.25, 0.3) is 0 Å². The molecule has 11 nitrogen and oxygen atoms in total. The lowest BCUT2D eigenvalue weighted by Gasteiger charge is -2.09. The molecule has 32 heavy (non-hydrogen) atoms. The topological polar surface area (TPSA) is 177 Å². The van der Waals surface area contributed by atoms with Crippen LogP contribution in [0.2, 0.25) is 0 Å². The van der Waals surface area contributed by atoms with Crippen LogP contribution in [0.5, 0.6) is 0 Å².